The molecule has 0 aliphatic carbocycles. The van der Waals surface area contributed by atoms with Crippen molar-refractivity contribution in [2.75, 3.05) is 11.9 Å². The zero-order chi connectivity index (χ0) is 13.5. The van der Waals surface area contributed by atoms with E-state index in [0.29, 0.717) is 6.61 Å². The van der Waals surface area contributed by atoms with E-state index in [4.69, 9.17) is 4.74 Å². The smallest absolute Gasteiger partial charge is 0.130 e. The number of aromatic nitrogens is 1. The summed E-state index contributed by atoms with van der Waals surface area (Å²) in [5, 5.41) is 3.27. The summed E-state index contributed by atoms with van der Waals surface area (Å²) < 4.78 is 5.78. The minimum atomic E-state index is 0.492. The summed E-state index contributed by atoms with van der Waals surface area (Å²) in [5.41, 5.74) is 3.30. The molecule has 1 N–H and O–H groups in total. The molecule has 0 fully saturated rings. The Bertz CT molecular complexity index is 526. The van der Waals surface area contributed by atoms with Crippen LogP contribution in [-0.2, 0) is 13.0 Å². The van der Waals surface area contributed by atoms with E-state index in [0.717, 1.165) is 30.1 Å². The molecule has 0 saturated heterocycles. The Kier molecular flexibility index (Phi) is 4.78. The van der Waals surface area contributed by atoms with Crippen LogP contribution in [0.25, 0.3) is 0 Å². The number of pyridine rings is 1. The predicted molar refractivity (Wildman–Crippen MR) is 78.6 cm³/mol. The Morgan fingerprint density at radius 3 is 2.84 bits per heavy atom. The molecule has 0 aliphatic rings. The lowest BCUT2D eigenvalue weighted by Gasteiger charge is -2.08. The van der Waals surface area contributed by atoms with Crippen LogP contribution in [0.5, 0.6) is 5.75 Å². The van der Waals surface area contributed by atoms with Gasteiger partial charge in [-0.3, -0.25) is 4.98 Å². The summed E-state index contributed by atoms with van der Waals surface area (Å²) in [7, 11) is 0. The van der Waals surface area contributed by atoms with Crippen molar-refractivity contribution in [3.63, 3.8) is 0 Å². The van der Waals surface area contributed by atoms with Gasteiger partial charge in [0.1, 0.15) is 12.4 Å². The molecule has 0 atom stereocenters. The highest BCUT2D eigenvalue weighted by Crippen LogP contribution is 2.16. The molecule has 0 saturated carbocycles. The lowest BCUT2D eigenvalue weighted by molar-refractivity contribution is 0.301. The number of anilines is 1. The van der Waals surface area contributed by atoms with E-state index >= 15 is 0 Å². The highest BCUT2D eigenvalue weighted by atomic mass is 16.5. The maximum Gasteiger partial charge on any atom is 0.130 e. The topological polar surface area (TPSA) is 34.2 Å². The number of hydrogen-bond acceptors (Lipinski definition) is 3. The molecule has 2 aromatic rings. The molecule has 2 rings (SSSR count). The SMILES string of the molecule is CCNc1ccnc(COc2cccc(CC)c2)c1. The van der Waals surface area contributed by atoms with E-state index in [9.17, 15) is 0 Å². The van der Waals surface area contributed by atoms with E-state index < -0.39 is 0 Å². The fourth-order valence-electron chi connectivity index (χ4n) is 1.88. The second kappa shape index (κ2) is 6.78. The first-order valence-electron chi connectivity index (χ1n) is 6.72. The van der Waals surface area contributed by atoms with Crippen molar-refractivity contribution in [1.29, 1.82) is 0 Å². The van der Waals surface area contributed by atoms with Gasteiger partial charge in [-0.1, -0.05) is 19.1 Å². The number of nitrogens with zero attached hydrogens (tertiary/aromatic N) is 1. The van der Waals surface area contributed by atoms with Gasteiger partial charge < -0.3 is 10.1 Å². The summed E-state index contributed by atoms with van der Waals surface area (Å²) in [6.07, 6.45) is 2.82. The van der Waals surface area contributed by atoms with Gasteiger partial charge in [-0.2, -0.15) is 0 Å². The predicted octanol–water partition coefficient (Wildman–Crippen LogP) is 3.65. The summed E-state index contributed by atoms with van der Waals surface area (Å²) in [6.45, 7) is 5.61. The highest BCUT2D eigenvalue weighted by molar-refractivity contribution is 5.43. The zero-order valence-corrected chi connectivity index (χ0v) is 11.5. The Balaban J connectivity index is 1.99. The summed E-state index contributed by atoms with van der Waals surface area (Å²) >= 11 is 0. The van der Waals surface area contributed by atoms with E-state index in [2.05, 4.69) is 36.3 Å². The molecule has 0 radical (unpaired) electrons. The van der Waals surface area contributed by atoms with Crippen molar-refractivity contribution in [3.8, 4) is 5.75 Å². The minimum absolute atomic E-state index is 0.492. The minimum Gasteiger partial charge on any atom is -0.487 e. The van der Waals surface area contributed by atoms with E-state index in [1.807, 2.05) is 24.3 Å². The molecule has 0 spiro atoms. The number of hydrogen-bond donors (Lipinski definition) is 1. The van der Waals surface area contributed by atoms with Gasteiger partial charge in [-0.15, -0.1) is 0 Å². The highest BCUT2D eigenvalue weighted by Gasteiger charge is 2.00. The van der Waals surface area contributed by atoms with Crippen molar-refractivity contribution in [3.05, 3.63) is 53.9 Å². The van der Waals surface area contributed by atoms with Gasteiger partial charge in [-0.25, -0.2) is 0 Å². The van der Waals surface area contributed by atoms with Gasteiger partial charge in [0.05, 0.1) is 5.69 Å². The quantitative estimate of drug-likeness (QED) is 0.856. The molecule has 100 valence electrons. The van der Waals surface area contributed by atoms with Crippen LogP contribution >= 0.6 is 0 Å². The van der Waals surface area contributed by atoms with Crippen LogP contribution in [0.1, 0.15) is 25.1 Å². The van der Waals surface area contributed by atoms with Crippen molar-refractivity contribution < 1.29 is 4.74 Å². The van der Waals surface area contributed by atoms with Crippen molar-refractivity contribution >= 4 is 5.69 Å². The lowest BCUT2D eigenvalue weighted by atomic mass is 10.2. The molecule has 1 heterocycles. The Hall–Kier alpha value is -2.03. The summed E-state index contributed by atoms with van der Waals surface area (Å²) in [5.74, 6) is 0.898. The van der Waals surface area contributed by atoms with Crippen LogP contribution in [0.2, 0.25) is 0 Å². The average molecular weight is 256 g/mol. The van der Waals surface area contributed by atoms with E-state index in [1.54, 1.807) is 6.20 Å². The van der Waals surface area contributed by atoms with Crippen LogP contribution < -0.4 is 10.1 Å². The Labute approximate surface area is 114 Å². The number of nitrogens with one attached hydrogen (secondary N) is 1. The second-order valence-electron chi connectivity index (χ2n) is 4.36. The van der Waals surface area contributed by atoms with Crippen LogP contribution in [0, 0.1) is 0 Å². The third-order valence-electron chi connectivity index (χ3n) is 2.89. The number of aryl methyl sites for hydroxylation is 1. The fourth-order valence-corrected chi connectivity index (χ4v) is 1.88. The third kappa shape index (κ3) is 3.98. The van der Waals surface area contributed by atoms with Crippen LogP contribution in [0.4, 0.5) is 5.69 Å². The molecule has 1 aromatic heterocycles. The molecule has 0 amide bonds. The molecule has 19 heavy (non-hydrogen) atoms. The van der Waals surface area contributed by atoms with Crippen molar-refractivity contribution in [2.45, 2.75) is 26.9 Å². The van der Waals surface area contributed by atoms with Crippen molar-refractivity contribution in [2.24, 2.45) is 0 Å². The zero-order valence-electron chi connectivity index (χ0n) is 11.5. The first kappa shape index (κ1) is 13.4. The van der Waals surface area contributed by atoms with Crippen LogP contribution in [0.15, 0.2) is 42.6 Å². The average Bonchev–Trinajstić information content (AvgIpc) is 2.46. The normalized spacial score (nSPS) is 10.2. The van der Waals surface area contributed by atoms with Crippen molar-refractivity contribution in [1.82, 2.24) is 4.98 Å². The molecule has 3 heteroatoms. The number of benzene rings is 1. The van der Waals surface area contributed by atoms with Gasteiger partial charge in [0.15, 0.2) is 0 Å². The molecule has 0 aliphatic heterocycles. The molecule has 3 nitrogen and oxygen atoms in total. The maximum absolute atomic E-state index is 5.78. The second-order valence-corrected chi connectivity index (χ2v) is 4.36. The maximum atomic E-state index is 5.78. The van der Waals surface area contributed by atoms with Crippen LogP contribution in [-0.4, -0.2) is 11.5 Å². The molecular formula is C16H20N2O. The first-order valence-corrected chi connectivity index (χ1v) is 6.72. The number of rotatable bonds is 6. The monoisotopic (exact) mass is 256 g/mol. The Morgan fingerprint density at radius 1 is 1.16 bits per heavy atom. The molecular weight excluding hydrogens is 236 g/mol. The largest absolute Gasteiger partial charge is 0.487 e. The van der Waals surface area contributed by atoms with Gasteiger partial charge in [0, 0.05) is 18.4 Å². The standard InChI is InChI=1S/C16H20N2O/c1-3-13-6-5-7-16(10-13)19-12-15-11-14(17-4-2)8-9-18-15/h5-11H,3-4,12H2,1-2H3,(H,17,18). The van der Waals surface area contributed by atoms with Gasteiger partial charge >= 0.3 is 0 Å². The number of ether oxygens (including phenoxy) is 1. The Morgan fingerprint density at radius 2 is 2.05 bits per heavy atom. The molecule has 1 aromatic carbocycles. The molecule has 0 unspecified atom stereocenters. The summed E-state index contributed by atoms with van der Waals surface area (Å²) in [6, 6.07) is 12.2. The van der Waals surface area contributed by atoms with Gasteiger partial charge in [0.25, 0.3) is 0 Å². The first-order chi connectivity index (χ1) is 9.31. The molecule has 0 bridgehead atoms. The summed E-state index contributed by atoms with van der Waals surface area (Å²) in [4.78, 5) is 4.31. The lowest BCUT2D eigenvalue weighted by Crippen LogP contribution is -2.01. The van der Waals surface area contributed by atoms with Gasteiger partial charge in [-0.05, 0) is 43.2 Å². The fraction of sp³-hybridized carbons (Fsp3) is 0.312. The van der Waals surface area contributed by atoms with Gasteiger partial charge in [0.2, 0.25) is 0 Å². The van der Waals surface area contributed by atoms with E-state index in [-0.39, 0.29) is 0 Å². The van der Waals surface area contributed by atoms with E-state index in [1.165, 1.54) is 5.56 Å². The third-order valence-corrected chi connectivity index (χ3v) is 2.89. The van der Waals surface area contributed by atoms with Crippen LogP contribution in [0.3, 0.4) is 0 Å².